The van der Waals surface area contributed by atoms with Crippen LogP contribution >= 0.6 is 24.2 Å². The van der Waals surface area contributed by atoms with Crippen molar-refractivity contribution in [1.29, 1.82) is 0 Å². The number of carbonyl (C=O) groups is 1. The van der Waals surface area contributed by atoms with Crippen molar-refractivity contribution in [2.75, 3.05) is 12.9 Å². The zero-order chi connectivity index (χ0) is 19.1. The SMILES string of the molecule is COC(=O)[C@H](N)CSC(c1ccccc1)(c1ccccc1)c1ccccc1.Cl. The number of nitrogens with two attached hydrogens (primary N) is 1. The first-order chi connectivity index (χ1) is 13.2. The lowest BCUT2D eigenvalue weighted by molar-refractivity contribution is -0.141. The first-order valence-corrected chi connectivity index (χ1v) is 9.81. The highest BCUT2D eigenvalue weighted by atomic mass is 35.5. The van der Waals surface area contributed by atoms with Crippen molar-refractivity contribution in [2.24, 2.45) is 5.73 Å². The quantitative estimate of drug-likeness (QED) is 0.453. The third-order valence-corrected chi connectivity index (χ3v) is 6.19. The molecule has 0 aromatic heterocycles. The van der Waals surface area contributed by atoms with E-state index in [1.54, 1.807) is 11.8 Å². The summed E-state index contributed by atoms with van der Waals surface area (Å²) in [6, 6.07) is 30.3. The Labute approximate surface area is 176 Å². The molecule has 0 bridgehead atoms. The molecule has 0 radical (unpaired) electrons. The second kappa shape index (κ2) is 10.3. The lowest BCUT2D eigenvalue weighted by Gasteiger charge is -2.36. The summed E-state index contributed by atoms with van der Waals surface area (Å²) in [5.41, 5.74) is 9.50. The van der Waals surface area contributed by atoms with Crippen LogP contribution in [0.3, 0.4) is 0 Å². The van der Waals surface area contributed by atoms with Crippen LogP contribution in [0.15, 0.2) is 91.0 Å². The summed E-state index contributed by atoms with van der Waals surface area (Å²) in [6.07, 6.45) is 0. The van der Waals surface area contributed by atoms with Crippen LogP contribution in [-0.4, -0.2) is 24.9 Å². The Hall–Kier alpha value is -2.27. The molecule has 28 heavy (non-hydrogen) atoms. The Bertz CT molecular complexity index is 763. The van der Waals surface area contributed by atoms with E-state index < -0.39 is 16.8 Å². The van der Waals surface area contributed by atoms with Crippen LogP contribution in [0.2, 0.25) is 0 Å². The second-order valence-corrected chi connectivity index (χ2v) is 7.45. The average molecular weight is 414 g/mol. The summed E-state index contributed by atoms with van der Waals surface area (Å²) in [5, 5.41) is 0. The Morgan fingerprint density at radius 3 is 1.54 bits per heavy atom. The summed E-state index contributed by atoms with van der Waals surface area (Å²) < 4.78 is 4.34. The number of methoxy groups -OCH3 is 1. The fourth-order valence-corrected chi connectivity index (χ4v) is 4.68. The molecule has 3 aromatic rings. The van der Waals surface area contributed by atoms with Crippen LogP contribution in [0.25, 0.3) is 0 Å². The van der Waals surface area contributed by atoms with E-state index in [0.29, 0.717) is 5.75 Å². The number of benzene rings is 3. The molecule has 0 aliphatic carbocycles. The molecular formula is C23H24ClNO2S. The van der Waals surface area contributed by atoms with E-state index in [0.717, 1.165) is 16.7 Å². The maximum Gasteiger partial charge on any atom is 0.323 e. The molecule has 0 amide bonds. The molecule has 0 saturated carbocycles. The zero-order valence-corrected chi connectivity index (χ0v) is 17.3. The molecule has 2 N–H and O–H groups in total. The highest BCUT2D eigenvalue weighted by Gasteiger charge is 2.37. The first-order valence-electron chi connectivity index (χ1n) is 8.82. The van der Waals surface area contributed by atoms with Gasteiger partial charge in [0.25, 0.3) is 0 Å². The lowest BCUT2D eigenvalue weighted by atomic mass is 9.84. The smallest absolute Gasteiger partial charge is 0.323 e. The third kappa shape index (κ3) is 4.58. The predicted molar refractivity (Wildman–Crippen MR) is 119 cm³/mol. The van der Waals surface area contributed by atoms with E-state index >= 15 is 0 Å². The summed E-state index contributed by atoms with van der Waals surface area (Å²) >= 11 is 1.65. The Morgan fingerprint density at radius 2 is 1.21 bits per heavy atom. The normalized spacial score (nSPS) is 11.9. The summed E-state index contributed by atoms with van der Waals surface area (Å²) in [6.45, 7) is 0. The van der Waals surface area contributed by atoms with Crippen molar-refractivity contribution in [3.05, 3.63) is 108 Å². The van der Waals surface area contributed by atoms with Crippen molar-refractivity contribution in [1.82, 2.24) is 0 Å². The molecular weight excluding hydrogens is 390 g/mol. The van der Waals surface area contributed by atoms with Gasteiger partial charge in [-0.15, -0.1) is 24.2 Å². The number of ether oxygens (including phenoxy) is 1. The monoisotopic (exact) mass is 413 g/mol. The molecule has 146 valence electrons. The number of carbonyl (C=O) groups excluding carboxylic acids is 1. The maximum absolute atomic E-state index is 11.9. The predicted octanol–water partition coefficient (Wildman–Crippen LogP) is 4.63. The topological polar surface area (TPSA) is 52.3 Å². The van der Waals surface area contributed by atoms with Gasteiger partial charge in [0.1, 0.15) is 6.04 Å². The third-order valence-electron chi connectivity index (χ3n) is 4.52. The van der Waals surface area contributed by atoms with E-state index in [4.69, 9.17) is 10.5 Å². The van der Waals surface area contributed by atoms with E-state index in [1.807, 2.05) is 54.6 Å². The van der Waals surface area contributed by atoms with Gasteiger partial charge in [-0.05, 0) is 16.7 Å². The number of halogens is 1. The van der Waals surface area contributed by atoms with Crippen molar-refractivity contribution < 1.29 is 9.53 Å². The maximum atomic E-state index is 11.9. The molecule has 0 heterocycles. The molecule has 0 aliphatic rings. The van der Waals surface area contributed by atoms with Gasteiger partial charge in [-0.3, -0.25) is 4.79 Å². The van der Waals surface area contributed by atoms with Gasteiger partial charge in [0.15, 0.2) is 0 Å². The standard InChI is InChI=1S/C23H23NO2S.ClH/c1-26-22(25)21(24)17-27-23(18-11-5-2-6-12-18,19-13-7-3-8-14-19)20-15-9-4-10-16-20;/h2-16,21H,17,24H2,1H3;1H/t21-;/m1./s1. The first kappa shape index (κ1) is 22.0. The van der Waals surface area contributed by atoms with Crippen LogP contribution in [0.4, 0.5) is 0 Å². The van der Waals surface area contributed by atoms with Crippen LogP contribution < -0.4 is 5.73 Å². The lowest BCUT2D eigenvalue weighted by Crippen LogP contribution is -2.36. The molecule has 0 aliphatic heterocycles. The van der Waals surface area contributed by atoms with Crippen molar-refractivity contribution >= 4 is 30.1 Å². The highest BCUT2D eigenvalue weighted by Crippen LogP contribution is 2.48. The van der Waals surface area contributed by atoms with Crippen molar-refractivity contribution in [3.8, 4) is 0 Å². The van der Waals surface area contributed by atoms with Gasteiger partial charge >= 0.3 is 5.97 Å². The highest BCUT2D eigenvalue weighted by molar-refractivity contribution is 8.00. The van der Waals surface area contributed by atoms with Crippen LogP contribution in [0, 0.1) is 0 Å². The Morgan fingerprint density at radius 1 is 0.857 bits per heavy atom. The summed E-state index contributed by atoms with van der Waals surface area (Å²) in [7, 11) is 1.37. The van der Waals surface area contributed by atoms with Gasteiger partial charge < -0.3 is 10.5 Å². The fourth-order valence-electron chi connectivity index (χ4n) is 3.20. The average Bonchev–Trinajstić information content (AvgIpc) is 2.75. The number of hydrogen-bond acceptors (Lipinski definition) is 4. The Kier molecular flexibility index (Phi) is 8.12. The molecule has 5 heteroatoms. The fraction of sp³-hybridized carbons (Fsp3) is 0.174. The minimum absolute atomic E-state index is 0. The largest absolute Gasteiger partial charge is 0.468 e. The van der Waals surface area contributed by atoms with Crippen molar-refractivity contribution in [3.63, 3.8) is 0 Å². The molecule has 0 saturated heterocycles. The number of thioether (sulfide) groups is 1. The molecule has 3 aromatic carbocycles. The zero-order valence-electron chi connectivity index (χ0n) is 15.7. The van der Waals surface area contributed by atoms with Gasteiger partial charge in [-0.2, -0.15) is 0 Å². The van der Waals surface area contributed by atoms with Gasteiger partial charge in [-0.1, -0.05) is 91.0 Å². The minimum Gasteiger partial charge on any atom is -0.468 e. The van der Waals surface area contributed by atoms with E-state index in [2.05, 4.69) is 36.4 Å². The van der Waals surface area contributed by atoms with Crippen LogP contribution in [0.1, 0.15) is 16.7 Å². The van der Waals surface area contributed by atoms with E-state index in [1.165, 1.54) is 7.11 Å². The van der Waals surface area contributed by atoms with Crippen LogP contribution in [0.5, 0.6) is 0 Å². The molecule has 0 unspecified atom stereocenters. The second-order valence-electron chi connectivity index (χ2n) is 6.22. The molecule has 0 fully saturated rings. The number of rotatable bonds is 7. The molecule has 0 spiro atoms. The van der Waals surface area contributed by atoms with Gasteiger partial charge in [0.05, 0.1) is 11.9 Å². The molecule has 1 atom stereocenters. The van der Waals surface area contributed by atoms with Gasteiger partial charge in [0.2, 0.25) is 0 Å². The number of esters is 1. The van der Waals surface area contributed by atoms with Gasteiger partial charge in [-0.25, -0.2) is 0 Å². The minimum atomic E-state index is -0.685. The van der Waals surface area contributed by atoms with Crippen LogP contribution in [-0.2, 0) is 14.3 Å². The Balaban J connectivity index is 0.00000280. The molecule has 3 nitrogen and oxygen atoms in total. The molecule has 3 rings (SSSR count). The summed E-state index contributed by atoms with van der Waals surface area (Å²) in [5.74, 6) is 0.0383. The number of hydrogen-bond donors (Lipinski definition) is 1. The van der Waals surface area contributed by atoms with E-state index in [-0.39, 0.29) is 12.4 Å². The van der Waals surface area contributed by atoms with Gasteiger partial charge in [0, 0.05) is 5.75 Å². The summed E-state index contributed by atoms with van der Waals surface area (Å²) in [4.78, 5) is 11.9. The van der Waals surface area contributed by atoms with E-state index in [9.17, 15) is 4.79 Å². The van der Waals surface area contributed by atoms with Crippen molar-refractivity contribution in [2.45, 2.75) is 10.8 Å².